The Bertz CT molecular complexity index is 1530. The van der Waals surface area contributed by atoms with Crippen LogP contribution in [0.1, 0.15) is 0 Å². The topological polar surface area (TPSA) is 183 Å². The van der Waals surface area contributed by atoms with Gasteiger partial charge < -0.3 is 18.1 Å². The molecule has 5 rings (SSSR count). The van der Waals surface area contributed by atoms with Gasteiger partial charge in [-0.2, -0.15) is 0 Å². The van der Waals surface area contributed by atoms with Crippen molar-refractivity contribution in [3.8, 4) is 11.4 Å². The number of benzene rings is 2. The second-order valence-electron chi connectivity index (χ2n) is 6.31. The number of rotatable bonds is 4. The minimum atomic E-state index is -3.81. The van der Waals surface area contributed by atoms with Crippen LogP contribution in [-0.4, -0.2) is 26.7 Å². The number of hydrogen-bond acceptors (Lipinski definition) is 10. The van der Waals surface area contributed by atoms with Crippen molar-refractivity contribution in [3.05, 3.63) is 48.5 Å². The summed E-state index contributed by atoms with van der Waals surface area (Å²) in [6.45, 7) is 0. The Kier molecular flexibility index (Phi) is 4.73. The average Bonchev–Trinajstić information content (AvgIpc) is 3.34. The van der Waals surface area contributed by atoms with Crippen LogP contribution in [-0.2, 0) is 20.0 Å². The molecule has 2 aromatic carbocycles. The quantitative estimate of drug-likeness (QED) is 0.365. The molecule has 0 aliphatic carbocycles. The van der Waals surface area contributed by atoms with Crippen molar-refractivity contribution >= 4 is 62.3 Å². The average molecular weight is 517 g/mol. The van der Waals surface area contributed by atoms with E-state index < -0.39 is 20.0 Å². The van der Waals surface area contributed by atoms with Gasteiger partial charge in [0.1, 0.15) is 11.4 Å². The fourth-order valence-corrected chi connectivity index (χ4v) is 5.39. The van der Waals surface area contributed by atoms with Crippen molar-refractivity contribution in [2.45, 2.75) is 9.79 Å². The minimum absolute atomic E-state index is 0.0402. The molecule has 5 aromatic rings. The highest BCUT2D eigenvalue weighted by Gasteiger charge is 2.17. The molecule has 0 atom stereocenters. The van der Waals surface area contributed by atoms with Gasteiger partial charge in [-0.25, -0.2) is 27.1 Å². The van der Waals surface area contributed by atoms with E-state index in [-0.39, 0.29) is 9.79 Å². The molecule has 16 heteroatoms. The maximum Gasteiger partial charge on any atom is 0.272 e. The highest BCUT2D eigenvalue weighted by atomic mass is 32.2. The smallest absolute Gasteiger partial charge is 0.272 e. The van der Waals surface area contributed by atoms with Crippen LogP contribution < -0.4 is 10.3 Å². The summed E-state index contributed by atoms with van der Waals surface area (Å²) in [5, 5.41) is 10.2. The fraction of sp³-hybridized carbons (Fsp3) is 0. The van der Waals surface area contributed by atoms with E-state index in [1.165, 1.54) is 48.5 Å². The highest BCUT2D eigenvalue weighted by Crippen LogP contribution is 2.35. The van der Waals surface area contributed by atoms with Gasteiger partial charge in [-0.05, 0) is 81.0 Å². The zero-order valence-electron chi connectivity index (χ0n) is 15.6. The van der Waals surface area contributed by atoms with E-state index in [1.807, 2.05) is 0 Å². The van der Waals surface area contributed by atoms with Gasteiger partial charge in [0.15, 0.2) is 0 Å². The molecule has 0 fully saturated rings. The highest BCUT2D eigenvalue weighted by molar-refractivity contribution is 7.89. The Hall–Kier alpha value is -3.02. The molecule has 12 nitrogen and oxygen atoms in total. The first-order valence-electron chi connectivity index (χ1n) is 8.50. The number of hydrogen-bond donors (Lipinski definition) is 2. The van der Waals surface area contributed by atoms with E-state index in [0.717, 1.165) is 32.5 Å². The second-order valence-corrected chi connectivity index (χ2v) is 11.3. The van der Waals surface area contributed by atoms with E-state index in [4.69, 9.17) is 28.4 Å². The molecular weight excluding hydrogens is 504 g/mol. The molecule has 0 radical (unpaired) electrons. The maximum absolute atomic E-state index is 11.4. The molecule has 0 saturated carbocycles. The Morgan fingerprint density at radius 3 is 1.09 bits per heavy atom. The van der Waals surface area contributed by atoms with Gasteiger partial charge >= 0.3 is 0 Å². The van der Waals surface area contributed by atoms with Crippen LogP contribution >= 0.6 is 22.7 Å². The normalized spacial score (nSPS) is 12.6. The number of aromatic nitrogens is 2. The lowest BCUT2D eigenvalue weighted by Crippen LogP contribution is -2.11. The molecule has 3 aromatic heterocycles. The van der Waals surface area contributed by atoms with Crippen LogP contribution in [0.5, 0.6) is 0 Å². The summed E-state index contributed by atoms with van der Waals surface area (Å²) < 4.78 is 68.2. The molecular formula is C16H12N4O8S4. The van der Waals surface area contributed by atoms with E-state index in [9.17, 15) is 16.8 Å². The SMILES string of the molecule is NS(=O)(=O)c1ccc(-n2oc3sc4on(-c5ccc(S(N)(=O)=O)cc5)oc4sc3o2)cc1. The largest absolute Gasteiger partial charge is 0.329 e. The maximum atomic E-state index is 11.4. The first-order valence-corrected chi connectivity index (χ1v) is 13.2. The molecule has 0 aliphatic rings. The summed E-state index contributed by atoms with van der Waals surface area (Å²) in [7, 11) is -7.62. The number of fused-ring (bicyclic) bond motifs is 2. The van der Waals surface area contributed by atoms with Crippen molar-refractivity contribution in [1.82, 2.24) is 9.82 Å². The zero-order valence-corrected chi connectivity index (χ0v) is 18.8. The second kappa shape index (κ2) is 7.26. The lowest BCUT2D eigenvalue weighted by Gasteiger charge is -2.00. The minimum Gasteiger partial charge on any atom is -0.329 e. The molecule has 0 unspecified atom stereocenters. The van der Waals surface area contributed by atoms with Gasteiger partial charge in [-0.15, -0.1) is 0 Å². The molecule has 32 heavy (non-hydrogen) atoms. The van der Waals surface area contributed by atoms with Crippen LogP contribution in [0.3, 0.4) is 0 Å². The first-order chi connectivity index (χ1) is 15.1. The van der Waals surface area contributed by atoms with Crippen LogP contribution in [0.4, 0.5) is 0 Å². The summed E-state index contributed by atoms with van der Waals surface area (Å²) in [6.07, 6.45) is 0. The molecule has 0 amide bonds. The van der Waals surface area contributed by atoms with Gasteiger partial charge in [0.2, 0.25) is 20.0 Å². The predicted octanol–water partition coefficient (Wildman–Crippen LogP) is 3.05. The Morgan fingerprint density at radius 1 is 0.562 bits per heavy atom. The summed E-state index contributed by atoms with van der Waals surface area (Å²) >= 11 is 2.23. The van der Waals surface area contributed by atoms with Crippen molar-refractivity contribution in [1.29, 1.82) is 0 Å². The lowest BCUT2D eigenvalue weighted by molar-refractivity contribution is 0.170. The van der Waals surface area contributed by atoms with Gasteiger partial charge in [0, 0.05) is 0 Å². The van der Waals surface area contributed by atoms with Crippen molar-refractivity contribution in [2.75, 3.05) is 0 Å². The third kappa shape index (κ3) is 3.83. The number of nitrogens with zero attached hydrogens (tertiary/aromatic N) is 2. The van der Waals surface area contributed by atoms with Crippen LogP contribution in [0, 0.1) is 0 Å². The van der Waals surface area contributed by atoms with Crippen molar-refractivity contribution in [3.63, 3.8) is 0 Å². The van der Waals surface area contributed by atoms with Gasteiger partial charge in [-0.3, -0.25) is 0 Å². The lowest BCUT2D eigenvalue weighted by atomic mass is 10.3. The van der Waals surface area contributed by atoms with Crippen molar-refractivity contribution < 1.29 is 34.9 Å². The van der Waals surface area contributed by atoms with Crippen LogP contribution in [0.15, 0.2) is 76.4 Å². The Labute approximate surface area is 186 Å². The fourth-order valence-electron chi connectivity index (χ4n) is 2.62. The van der Waals surface area contributed by atoms with Gasteiger partial charge in [-0.1, -0.05) is 0 Å². The predicted molar refractivity (Wildman–Crippen MR) is 114 cm³/mol. The number of primary sulfonamides is 2. The standard InChI is InChI=1S/C16H12N4O8S4/c17-31(21,22)11-5-1-9(2-6-11)19-25-13-14(26-19)30-16-15(29-13)27-20(28-16)10-3-7-12(8-4-10)32(18,23)24/h1-8H,(H2,17,21,22)(H2,18,23,24). The molecule has 4 N–H and O–H groups in total. The Balaban J connectivity index is 1.51. The summed E-state index contributed by atoms with van der Waals surface area (Å²) in [5.74, 6) is 0. The monoisotopic (exact) mass is 516 g/mol. The third-order valence-electron chi connectivity index (χ3n) is 4.12. The van der Waals surface area contributed by atoms with Gasteiger partial charge in [0.25, 0.3) is 19.6 Å². The van der Waals surface area contributed by atoms with E-state index >= 15 is 0 Å². The van der Waals surface area contributed by atoms with E-state index in [2.05, 4.69) is 0 Å². The number of sulfonamides is 2. The van der Waals surface area contributed by atoms with E-state index in [1.54, 1.807) is 0 Å². The van der Waals surface area contributed by atoms with Crippen LogP contribution in [0.2, 0.25) is 0 Å². The Morgan fingerprint density at radius 2 is 0.844 bits per heavy atom. The molecule has 0 bridgehead atoms. The van der Waals surface area contributed by atoms with E-state index in [0.29, 0.717) is 31.0 Å². The zero-order chi connectivity index (χ0) is 22.7. The first kappa shape index (κ1) is 20.9. The van der Waals surface area contributed by atoms with Crippen molar-refractivity contribution in [2.24, 2.45) is 10.3 Å². The van der Waals surface area contributed by atoms with Crippen LogP contribution in [0.25, 0.3) is 31.0 Å². The summed E-state index contributed by atoms with van der Waals surface area (Å²) in [4.78, 5) is 3.70. The third-order valence-corrected chi connectivity index (χ3v) is 8.02. The molecule has 0 saturated heterocycles. The summed E-state index contributed by atoms with van der Waals surface area (Å²) in [5.41, 5.74) is 0.873. The molecule has 3 heterocycles. The molecule has 0 spiro atoms. The molecule has 0 aliphatic heterocycles. The molecule has 168 valence electrons. The summed E-state index contributed by atoms with van der Waals surface area (Å²) in [6, 6.07) is 11.3. The van der Waals surface area contributed by atoms with Gasteiger partial charge in [0.05, 0.1) is 9.79 Å². The number of nitrogens with two attached hydrogens (primary N) is 2.